The molecule has 7 heteroatoms. The Morgan fingerprint density at radius 1 is 1.06 bits per heavy atom. The zero-order valence-corrected chi connectivity index (χ0v) is 10.4. The van der Waals surface area contributed by atoms with E-state index in [0.717, 1.165) is 25.9 Å². The van der Waals surface area contributed by atoms with Crippen molar-refractivity contribution in [3.05, 3.63) is 0 Å². The normalized spacial score (nSPS) is 14.4. The summed E-state index contributed by atoms with van der Waals surface area (Å²) in [5.41, 5.74) is 5.07. The Hall–Kier alpha value is -1.63. The highest BCUT2D eigenvalue weighted by Crippen LogP contribution is 2.08. The van der Waals surface area contributed by atoms with Crippen molar-refractivity contribution in [1.29, 1.82) is 0 Å². The van der Waals surface area contributed by atoms with E-state index in [1.54, 1.807) is 0 Å². The quantitative estimate of drug-likeness (QED) is 0.521. The van der Waals surface area contributed by atoms with Crippen LogP contribution in [0.4, 0.5) is 0 Å². The average molecular weight is 256 g/mol. The van der Waals surface area contributed by atoms with Gasteiger partial charge in [0.2, 0.25) is 17.7 Å². The Morgan fingerprint density at radius 2 is 1.72 bits per heavy atom. The average Bonchev–Trinajstić information content (AvgIpc) is 2.89. The SMILES string of the molecule is NCC(=O)NCC(=O)NCCC(=O)N1CCCC1. The maximum absolute atomic E-state index is 11.6. The van der Waals surface area contributed by atoms with Gasteiger partial charge in [-0.2, -0.15) is 0 Å². The van der Waals surface area contributed by atoms with Gasteiger partial charge >= 0.3 is 0 Å². The van der Waals surface area contributed by atoms with E-state index in [9.17, 15) is 14.4 Å². The highest BCUT2D eigenvalue weighted by molar-refractivity contribution is 5.85. The first-order chi connectivity index (χ1) is 8.63. The van der Waals surface area contributed by atoms with Crippen LogP contribution in [0.3, 0.4) is 0 Å². The smallest absolute Gasteiger partial charge is 0.239 e. The van der Waals surface area contributed by atoms with Crippen LogP contribution in [-0.2, 0) is 14.4 Å². The minimum Gasteiger partial charge on any atom is -0.354 e. The maximum atomic E-state index is 11.6. The molecule has 7 nitrogen and oxygen atoms in total. The number of carbonyl (C=O) groups is 3. The van der Waals surface area contributed by atoms with E-state index in [1.807, 2.05) is 4.90 Å². The molecule has 0 aliphatic carbocycles. The van der Waals surface area contributed by atoms with Crippen LogP contribution in [0.1, 0.15) is 19.3 Å². The molecule has 0 aromatic rings. The number of carbonyl (C=O) groups excluding carboxylic acids is 3. The number of nitrogens with one attached hydrogen (secondary N) is 2. The van der Waals surface area contributed by atoms with Gasteiger partial charge in [-0.25, -0.2) is 0 Å². The molecule has 0 atom stereocenters. The number of likely N-dealkylation sites (tertiary alicyclic amines) is 1. The second kappa shape index (κ2) is 7.65. The summed E-state index contributed by atoms with van der Waals surface area (Å²) in [4.78, 5) is 35.5. The van der Waals surface area contributed by atoms with Crippen molar-refractivity contribution < 1.29 is 14.4 Å². The molecule has 1 aliphatic rings. The highest BCUT2D eigenvalue weighted by Gasteiger charge is 2.17. The summed E-state index contributed by atoms with van der Waals surface area (Å²) >= 11 is 0. The number of amides is 3. The minimum absolute atomic E-state index is 0.0683. The van der Waals surface area contributed by atoms with Gasteiger partial charge in [0.05, 0.1) is 13.1 Å². The lowest BCUT2D eigenvalue weighted by molar-refractivity contribution is -0.130. The molecule has 0 saturated carbocycles. The molecule has 0 spiro atoms. The van der Waals surface area contributed by atoms with Crippen molar-refractivity contribution in [3.8, 4) is 0 Å². The maximum Gasteiger partial charge on any atom is 0.239 e. The lowest BCUT2D eigenvalue weighted by Crippen LogP contribution is -2.40. The van der Waals surface area contributed by atoms with Gasteiger partial charge in [0, 0.05) is 26.1 Å². The molecular formula is C11H20N4O3. The second-order valence-electron chi connectivity index (χ2n) is 4.17. The van der Waals surface area contributed by atoms with Crippen LogP contribution < -0.4 is 16.4 Å². The van der Waals surface area contributed by atoms with Crippen molar-refractivity contribution >= 4 is 17.7 Å². The third-order valence-electron chi connectivity index (χ3n) is 2.75. The Bertz CT molecular complexity index is 313. The topological polar surface area (TPSA) is 105 Å². The molecule has 1 heterocycles. The van der Waals surface area contributed by atoms with Gasteiger partial charge in [-0.3, -0.25) is 14.4 Å². The predicted molar refractivity (Wildman–Crippen MR) is 65.5 cm³/mol. The van der Waals surface area contributed by atoms with Gasteiger partial charge in [-0.1, -0.05) is 0 Å². The molecule has 0 aromatic heterocycles. The summed E-state index contributed by atoms with van der Waals surface area (Å²) in [5, 5.41) is 4.93. The molecule has 3 amide bonds. The molecular weight excluding hydrogens is 236 g/mol. The molecule has 0 unspecified atom stereocenters. The van der Waals surface area contributed by atoms with Gasteiger partial charge in [-0.15, -0.1) is 0 Å². The zero-order valence-electron chi connectivity index (χ0n) is 10.4. The van der Waals surface area contributed by atoms with E-state index in [2.05, 4.69) is 10.6 Å². The van der Waals surface area contributed by atoms with Crippen molar-refractivity contribution in [1.82, 2.24) is 15.5 Å². The lowest BCUT2D eigenvalue weighted by atomic mass is 10.3. The zero-order chi connectivity index (χ0) is 13.4. The summed E-state index contributed by atoms with van der Waals surface area (Å²) < 4.78 is 0. The van der Waals surface area contributed by atoms with Gasteiger partial charge in [0.1, 0.15) is 0 Å². The Balaban J connectivity index is 2.07. The third kappa shape index (κ3) is 5.13. The Labute approximate surface area is 106 Å². The molecule has 1 saturated heterocycles. The number of nitrogens with two attached hydrogens (primary N) is 1. The number of nitrogens with zero attached hydrogens (tertiary/aromatic N) is 1. The molecule has 1 aliphatic heterocycles. The molecule has 4 N–H and O–H groups in total. The fourth-order valence-corrected chi connectivity index (χ4v) is 1.75. The minimum atomic E-state index is -0.377. The van der Waals surface area contributed by atoms with E-state index in [-0.39, 0.29) is 30.8 Å². The van der Waals surface area contributed by atoms with Crippen LogP contribution in [0.15, 0.2) is 0 Å². The van der Waals surface area contributed by atoms with Crippen LogP contribution in [0, 0.1) is 0 Å². The number of hydrogen-bond donors (Lipinski definition) is 3. The van der Waals surface area contributed by atoms with Crippen LogP contribution in [0.5, 0.6) is 0 Å². The van der Waals surface area contributed by atoms with Crippen molar-refractivity contribution in [2.24, 2.45) is 5.73 Å². The molecule has 0 bridgehead atoms. The van der Waals surface area contributed by atoms with E-state index < -0.39 is 0 Å². The standard InChI is InChI=1S/C11H20N4O3/c12-7-9(16)14-8-10(17)13-4-3-11(18)15-5-1-2-6-15/h1-8,12H2,(H,13,17)(H,14,16). The van der Waals surface area contributed by atoms with Crippen LogP contribution in [-0.4, -0.2) is 55.3 Å². The van der Waals surface area contributed by atoms with Crippen LogP contribution in [0.25, 0.3) is 0 Å². The predicted octanol–water partition coefficient (Wildman–Crippen LogP) is -1.81. The largest absolute Gasteiger partial charge is 0.354 e. The Morgan fingerprint density at radius 3 is 2.33 bits per heavy atom. The first-order valence-electron chi connectivity index (χ1n) is 6.14. The fourth-order valence-electron chi connectivity index (χ4n) is 1.75. The third-order valence-corrected chi connectivity index (χ3v) is 2.75. The summed E-state index contributed by atoms with van der Waals surface area (Å²) in [6, 6.07) is 0. The van der Waals surface area contributed by atoms with Crippen LogP contribution >= 0.6 is 0 Å². The molecule has 18 heavy (non-hydrogen) atoms. The monoisotopic (exact) mass is 256 g/mol. The number of hydrogen-bond acceptors (Lipinski definition) is 4. The van der Waals surface area contributed by atoms with E-state index in [1.165, 1.54) is 0 Å². The number of rotatable bonds is 6. The highest BCUT2D eigenvalue weighted by atomic mass is 16.2. The summed E-state index contributed by atoms with van der Waals surface area (Å²) in [7, 11) is 0. The van der Waals surface area contributed by atoms with Gasteiger partial charge in [0.25, 0.3) is 0 Å². The van der Waals surface area contributed by atoms with E-state index in [0.29, 0.717) is 13.0 Å². The summed E-state index contributed by atoms with van der Waals surface area (Å²) in [6.45, 7) is 1.69. The fraction of sp³-hybridized carbons (Fsp3) is 0.727. The van der Waals surface area contributed by atoms with E-state index >= 15 is 0 Å². The molecule has 0 aromatic carbocycles. The lowest BCUT2D eigenvalue weighted by Gasteiger charge is -2.15. The van der Waals surface area contributed by atoms with Crippen LogP contribution in [0.2, 0.25) is 0 Å². The summed E-state index contributed by atoms with van der Waals surface area (Å²) in [6.07, 6.45) is 2.42. The van der Waals surface area contributed by atoms with E-state index in [4.69, 9.17) is 5.73 Å². The first kappa shape index (κ1) is 14.4. The molecule has 102 valence electrons. The molecule has 1 fully saturated rings. The molecule has 0 radical (unpaired) electrons. The van der Waals surface area contributed by atoms with Crippen molar-refractivity contribution in [3.63, 3.8) is 0 Å². The van der Waals surface area contributed by atoms with Crippen molar-refractivity contribution in [2.45, 2.75) is 19.3 Å². The first-order valence-corrected chi connectivity index (χ1v) is 6.14. The Kier molecular flexibility index (Phi) is 6.13. The van der Waals surface area contributed by atoms with Crippen molar-refractivity contribution in [2.75, 3.05) is 32.7 Å². The van der Waals surface area contributed by atoms with Gasteiger partial charge < -0.3 is 21.3 Å². The molecule has 1 rings (SSSR count). The second-order valence-corrected chi connectivity index (χ2v) is 4.17. The summed E-state index contributed by atoms with van der Waals surface area (Å²) in [5.74, 6) is -0.622. The van der Waals surface area contributed by atoms with Gasteiger partial charge in [0.15, 0.2) is 0 Å². The van der Waals surface area contributed by atoms with Gasteiger partial charge in [-0.05, 0) is 12.8 Å².